The molecule has 1 amide bonds. The molecule has 0 bridgehead atoms. The molecule has 0 unspecified atom stereocenters. The van der Waals surface area contributed by atoms with E-state index in [1.165, 1.54) is 24.5 Å². The molecule has 3 rings (SSSR count). The van der Waals surface area contributed by atoms with Gasteiger partial charge in [-0.2, -0.15) is 0 Å². The Morgan fingerprint density at radius 3 is 2.70 bits per heavy atom. The van der Waals surface area contributed by atoms with Gasteiger partial charge in [-0.05, 0) is 24.3 Å². The van der Waals surface area contributed by atoms with E-state index in [1.54, 1.807) is 12.1 Å². The number of aliphatic hydroxyl groups excluding tert-OH is 1. The third kappa shape index (κ3) is 2.61. The first kappa shape index (κ1) is 15.9. The molecule has 0 aliphatic carbocycles. The standard InChI is InChI=1S/C16H13NO4S2/c1-17(21-22)16(20)9-6-7-11-14(19)10-4-2-3-5-13(10)23-15(11)12(9)8-18/h2-7,18,22H,8H2,1H3. The molecule has 0 aliphatic heterocycles. The average Bonchev–Trinajstić information content (AvgIpc) is 2.59. The molecule has 5 nitrogen and oxygen atoms in total. The third-order valence-corrected chi connectivity index (χ3v) is 5.14. The highest BCUT2D eigenvalue weighted by Crippen LogP contribution is 2.30. The van der Waals surface area contributed by atoms with Crippen molar-refractivity contribution in [2.75, 3.05) is 7.05 Å². The van der Waals surface area contributed by atoms with E-state index in [0.29, 0.717) is 21.0 Å². The number of nitrogens with zero attached hydrogens (tertiary/aromatic N) is 1. The summed E-state index contributed by atoms with van der Waals surface area (Å²) >= 11 is 4.98. The lowest BCUT2D eigenvalue weighted by Gasteiger charge is -2.15. The van der Waals surface area contributed by atoms with Crippen LogP contribution < -0.4 is 5.43 Å². The molecule has 2 aromatic carbocycles. The predicted octanol–water partition coefficient (Wildman–Crippen LogP) is 2.76. The normalized spacial score (nSPS) is 11.1. The van der Waals surface area contributed by atoms with Crippen molar-refractivity contribution in [2.45, 2.75) is 6.61 Å². The molecule has 118 valence electrons. The summed E-state index contributed by atoms with van der Waals surface area (Å²) in [5, 5.41) is 11.8. The highest BCUT2D eigenvalue weighted by molar-refractivity contribution is 7.75. The van der Waals surface area contributed by atoms with Crippen LogP contribution in [0.1, 0.15) is 15.9 Å². The van der Waals surface area contributed by atoms with Crippen LogP contribution in [0.25, 0.3) is 20.2 Å². The minimum absolute atomic E-state index is 0.109. The second-order valence-electron chi connectivity index (χ2n) is 4.94. The second kappa shape index (κ2) is 6.29. The Hall–Kier alpha value is -1.93. The van der Waals surface area contributed by atoms with E-state index in [-0.39, 0.29) is 17.6 Å². The van der Waals surface area contributed by atoms with E-state index in [9.17, 15) is 14.7 Å². The fourth-order valence-electron chi connectivity index (χ4n) is 2.49. The summed E-state index contributed by atoms with van der Waals surface area (Å²) in [6.07, 6.45) is 0. The first-order chi connectivity index (χ1) is 11.1. The highest BCUT2D eigenvalue weighted by atomic mass is 32.1. The van der Waals surface area contributed by atoms with Crippen molar-refractivity contribution in [3.05, 3.63) is 57.7 Å². The number of hydrogen-bond donors (Lipinski definition) is 2. The van der Waals surface area contributed by atoms with E-state index in [4.69, 9.17) is 0 Å². The van der Waals surface area contributed by atoms with E-state index in [0.717, 1.165) is 9.76 Å². The van der Waals surface area contributed by atoms with Crippen LogP contribution in [-0.2, 0) is 10.9 Å². The first-order valence-electron chi connectivity index (χ1n) is 6.76. The van der Waals surface area contributed by atoms with Crippen LogP contribution in [-0.4, -0.2) is 23.1 Å². The van der Waals surface area contributed by atoms with Crippen molar-refractivity contribution in [2.24, 2.45) is 0 Å². The van der Waals surface area contributed by atoms with Crippen LogP contribution >= 0.6 is 24.2 Å². The number of fused-ring (bicyclic) bond motifs is 2. The number of aliphatic hydroxyl groups is 1. The molecule has 23 heavy (non-hydrogen) atoms. The number of carbonyl (C=O) groups is 1. The van der Waals surface area contributed by atoms with Crippen molar-refractivity contribution in [1.82, 2.24) is 5.06 Å². The largest absolute Gasteiger partial charge is 0.392 e. The van der Waals surface area contributed by atoms with Gasteiger partial charge in [0.25, 0.3) is 5.91 Å². The first-order valence-corrected chi connectivity index (χ1v) is 7.94. The number of thiol groups is 1. The van der Waals surface area contributed by atoms with Gasteiger partial charge in [0, 0.05) is 51.3 Å². The van der Waals surface area contributed by atoms with E-state index in [1.807, 2.05) is 18.2 Å². The molecule has 0 saturated carbocycles. The van der Waals surface area contributed by atoms with Crippen LogP contribution in [0.5, 0.6) is 0 Å². The predicted molar refractivity (Wildman–Crippen MR) is 93.7 cm³/mol. The smallest absolute Gasteiger partial charge is 0.278 e. The van der Waals surface area contributed by atoms with Gasteiger partial charge in [-0.25, -0.2) is 9.35 Å². The molecular weight excluding hydrogens is 334 g/mol. The lowest BCUT2D eigenvalue weighted by atomic mass is 10.0. The van der Waals surface area contributed by atoms with Crippen LogP contribution in [0.4, 0.5) is 0 Å². The zero-order valence-electron chi connectivity index (χ0n) is 12.1. The Labute approximate surface area is 141 Å². The number of hydrogen-bond acceptors (Lipinski definition) is 6. The molecule has 1 heterocycles. The van der Waals surface area contributed by atoms with Crippen molar-refractivity contribution in [3.8, 4) is 0 Å². The molecule has 3 aromatic rings. The second-order valence-corrected chi connectivity index (χ2v) is 6.15. The monoisotopic (exact) mass is 347 g/mol. The van der Waals surface area contributed by atoms with E-state index >= 15 is 0 Å². The summed E-state index contributed by atoms with van der Waals surface area (Å²) in [6.45, 7) is -0.354. The number of amides is 1. The van der Waals surface area contributed by atoms with Gasteiger partial charge >= 0.3 is 0 Å². The minimum Gasteiger partial charge on any atom is -0.392 e. The zero-order chi connectivity index (χ0) is 16.6. The maximum Gasteiger partial charge on any atom is 0.278 e. The Balaban J connectivity index is 2.37. The van der Waals surface area contributed by atoms with Gasteiger partial charge in [-0.1, -0.05) is 12.1 Å². The highest BCUT2D eigenvalue weighted by Gasteiger charge is 2.20. The Bertz CT molecular complexity index is 967. The summed E-state index contributed by atoms with van der Waals surface area (Å²) in [4.78, 5) is 24.9. The van der Waals surface area contributed by atoms with Gasteiger partial charge in [0.15, 0.2) is 5.43 Å². The molecule has 0 aliphatic rings. The Morgan fingerprint density at radius 2 is 2.00 bits per heavy atom. The topological polar surface area (TPSA) is 66.8 Å². The quantitative estimate of drug-likeness (QED) is 0.331. The summed E-state index contributed by atoms with van der Waals surface area (Å²) in [5.41, 5.74) is 0.585. The summed E-state index contributed by atoms with van der Waals surface area (Å²) in [6, 6.07) is 10.4. The summed E-state index contributed by atoms with van der Waals surface area (Å²) in [7, 11) is 1.42. The van der Waals surface area contributed by atoms with E-state index in [2.05, 4.69) is 17.2 Å². The van der Waals surface area contributed by atoms with Gasteiger partial charge < -0.3 is 5.11 Å². The van der Waals surface area contributed by atoms with Crippen LogP contribution in [0.15, 0.2) is 41.2 Å². The maximum atomic E-state index is 12.6. The SMILES string of the molecule is CN(OS)C(=O)c1ccc2c(=O)c3ccccc3sc2c1CO. The summed E-state index contributed by atoms with van der Waals surface area (Å²) in [5.74, 6) is -0.446. The molecule has 0 fully saturated rings. The van der Waals surface area contributed by atoms with E-state index < -0.39 is 5.91 Å². The molecule has 7 heteroatoms. The van der Waals surface area contributed by atoms with Crippen molar-refractivity contribution in [1.29, 1.82) is 0 Å². The molecular formula is C16H13NO4S2. The Morgan fingerprint density at radius 1 is 1.26 bits per heavy atom. The molecule has 0 radical (unpaired) electrons. The van der Waals surface area contributed by atoms with Gasteiger partial charge in [0.2, 0.25) is 0 Å². The fraction of sp³-hybridized carbons (Fsp3) is 0.125. The van der Waals surface area contributed by atoms with Crippen molar-refractivity contribution >= 4 is 50.3 Å². The van der Waals surface area contributed by atoms with Gasteiger partial charge in [-0.3, -0.25) is 9.59 Å². The number of rotatable bonds is 3. The molecule has 0 atom stereocenters. The maximum absolute atomic E-state index is 12.6. The Kier molecular flexibility index (Phi) is 4.36. The third-order valence-electron chi connectivity index (χ3n) is 3.65. The molecule has 0 saturated heterocycles. The molecule has 0 spiro atoms. The van der Waals surface area contributed by atoms with Crippen molar-refractivity contribution < 1.29 is 14.2 Å². The van der Waals surface area contributed by atoms with Crippen LogP contribution in [0.2, 0.25) is 0 Å². The number of carbonyl (C=O) groups excluding carboxylic acids is 1. The van der Waals surface area contributed by atoms with Gasteiger partial charge in [0.05, 0.1) is 6.61 Å². The van der Waals surface area contributed by atoms with Gasteiger partial charge in [0.1, 0.15) is 0 Å². The fourth-order valence-corrected chi connectivity index (χ4v) is 3.77. The molecule has 1 aromatic heterocycles. The number of benzene rings is 2. The lowest BCUT2D eigenvalue weighted by Crippen LogP contribution is -2.25. The average molecular weight is 347 g/mol. The van der Waals surface area contributed by atoms with Crippen molar-refractivity contribution in [3.63, 3.8) is 0 Å². The van der Waals surface area contributed by atoms with Gasteiger partial charge in [-0.15, -0.1) is 11.3 Å². The van der Waals surface area contributed by atoms with Crippen LogP contribution in [0, 0.1) is 0 Å². The minimum atomic E-state index is -0.446. The molecule has 1 N–H and O–H groups in total. The number of hydroxylamine groups is 2. The summed E-state index contributed by atoms with van der Waals surface area (Å²) < 4.78 is 6.02. The lowest BCUT2D eigenvalue weighted by molar-refractivity contribution is 0.00353. The van der Waals surface area contributed by atoms with Crippen LogP contribution in [0.3, 0.4) is 0 Å². The zero-order valence-corrected chi connectivity index (χ0v) is 13.9.